The number of phenolic OH excluding ortho intramolecular Hbond substituents is 1. The van der Waals surface area contributed by atoms with Crippen LogP contribution in [0, 0.1) is 5.82 Å². The standard InChI is InChI=1S/C19H15ClFNO4S/c1-2-26-15-5-3-4-11(17(15)23)8-16-18(24)22(19(25)27-16)10-12-6-7-13(21)9-14(12)20/h3-9,23H,2,10H2,1H3/b16-8-. The minimum atomic E-state index is -0.508. The van der Waals surface area contributed by atoms with E-state index in [1.54, 1.807) is 25.1 Å². The first-order chi connectivity index (χ1) is 12.9. The van der Waals surface area contributed by atoms with Crippen molar-refractivity contribution in [2.24, 2.45) is 0 Å². The number of para-hydroxylation sites is 1. The summed E-state index contributed by atoms with van der Waals surface area (Å²) in [6, 6.07) is 8.68. The van der Waals surface area contributed by atoms with Crippen LogP contribution in [0.15, 0.2) is 41.3 Å². The number of imide groups is 1. The number of hydrogen-bond donors (Lipinski definition) is 1. The number of carbonyl (C=O) groups excluding carboxylic acids is 2. The molecular weight excluding hydrogens is 393 g/mol. The number of nitrogens with zero attached hydrogens (tertiary/aromatic N) is 1. The van der Waals surface area contributed by atoms with Crippen molar-refractivity contribution in [1.29, 1.82) is 0 Å². The normalized spacial score (nSPS) is 15.7. The van der Waals surface area contributed by atoms with E-state index in [1.807, 2.05) is 0 Å². The second-order valence-corrected chi connectivity index (χ2v) is 7.03. The molecule has 1 N–H and O–H groups in total. The Morgan fingerprint density at radius 1 is 1.30 bits per heavy atom. The highest BCUT2D eigenvalue weighted by Crippen LogP contribution is 2.37. The predicted octanol–water partition coefficient (Wildman–Crippen LogP) is 4.82. The molecule has 8 heteroatoms. The first-order valence-electron chi connectivity index (χ1n) is 8.04. The van der Waals surface area contributed by atoms with Crippen molar-refractivity contribution in [3.05, 3.63) is 63.3 Å². The Kier molecular flexibility index (Phi) is 5.72. The van der Waals surface area contributed by atoms with Crippen LogP contribution < -0.4 is 4.74 Å². The van der Waals surface area contributed by atoms with Crippen LogP contribution in [0.5, 0.6) is 11.5 Å². The van der Waals surface area contributed by atoms with Gasteiger partial charge in [-0.3, -0.25) is 14.5 Å². The fourth-order valence-electron chi connectivity index (χ4n) is 2.53. The van der Waals surface area contributed by atoms with Crippen LogP contribution in [0.4, 0.5) is 9.18 Å². The highest BCUT2D eigenvalue weighted by atomic mass is 35.5. The Labute approximate surface area is 164 Å². The minimum absolute atomic E-state index is 0.0634. The largest absolute Gasteiger partial charge is 0.504 e. The molecule has 0 radical (unpaired) electrons. The van der Waals surface area contributed by atoms with Crippen molar-refractivity contribution >= 4 is 40.6 Å². The number of halogens is 2. The molecule has 0 saturated carbocycles. The van der Waals surface area contributed by atoms with Crippen LogP contribution >= 0.6 is 23.4 Å². The third kappa shape index (κ3) is 4.09. The topological polar surface area (TPSA) is 66.8 Å². The van der Waals surface area contributed by atoms with Gasteiger partial charge in [0.1, 0.15) is 5.82 Å². The summed E-state index contributed by atoms with van der Waals surface area (Å²) < 4.78 is 18.5. The quantitative estimate of drug-likeness (QED) is 0.720. The molecule has 0 spiro atoms. The molecule has 0 unspecified atom stereocenters. The summed E-state index contributed by atoms with van der Waals surface area (Å²) in [6.45, 7) is 2.11. The van der Waals surface area contributed by atoms with Crippen LogP contribution in [0.25, 0.3) is 6.08 Å². The van der Waals surface area contributed by atoms with Gasteiger partial charge in [0.2, 0.25) is 0 Å². The van der Waals surface area contributed by atoms with E-state index in [0.717, 1.165) is 22.7 Å². The third-order valence-electron chi connectivity index (χ3n) is 3.83. The van der Waals surface area contributed by atoms with Crippen molar-refractivity contribution in [3.8, 4) is 11.5 Å². The summed E-state index contributed by atoms with van der Waals surface area (Å²) in [6.07, 6.45) is 1.44. The second-order valence-electron chi connectivity index (χ2n) is 5.63. The molecule has 1 aliphatic rings. The van der Waals surface area contributed by atoms with Gasteiger partial charge in [0, 0.05) is 10.6 Å². The number of hydrogen-bond acceptors (Lipinski definition) is 5. The zero-order valence-electron chi connectivity index (χ0n) is 14.2. The van der Waals surface area contributed by atoms with Crippen LogP contribution in [-0.2, 0) is 11.3 Å². The van der Waals surface area contributed by atoms with Crippen molar-refractivity contribution in [1.82, 2.24) is 4.90 Å². The smallest absolute Gasteiger partial charge is 0.293 e. The van der Waals surface area contributed by atoms with E-state index in [9.17, 15) is 19.1 Å². The number of aromatic hydroxyl groups is 1. The Bertz CT molecular complexity index is 947. The maximum Gasteiger partial charge on any atom is 0.293 e. The van der Waals surface area contributed by atoms with Crippen LogP contribution in [0.1, 0.15) is 18.1 Å². The molecule has 0 bridgehead atoms. The molecule has 2 amide bonds. The zero-order valence-corrected chi connectivity index (χ0v) is 15.8. The van der Waals surface area contributed by atoms with Crippen molar-refractivity contribution in [3.63, 3.8) is 0 Å². The van der Waals surface area contributed by atoms with Gasteiger partial charge in [0.05, 0.1) is 18.1 Å². The fraction of sp³-hybridized carbons (Fsp3) is 0.158. The zero-order chi connectivity index (χ0) is 19.6. The number of ether oxygens (including phenoxy) is 1. The first-order valence-corrected chi connectivity index (χ1v) is 9.24. The molecule has 3 rings (SSSR count). The van der Waals surface area contributed by atoms with Crippen LogP contribution in [-0.4, -0.2) is 27.8 Å². The molecule has 0 aliphatic carbocycles. The molecule has 2 aromatic rings. The van der Waals surface area contributed by atoms with E-state index in [-0.39, 0.29) is 22.2 Å². The van der Waals surface area contributed by atoms with Gasteiger partial charge >= 0.3 is 0 Å². The molecule has 0 aromatic heterocycles. The SMILES string of the molecule is CCOc1cccc(/C=C2\SC(=O)N(Cc3ccc(F)cc3Cl)C2=O)c1O. The van der Waals surface area contributed by atoms with E-state index < -0.39 is 17.0 Å². The molecule has 1 heterocycles. The molecule has 1 fully saturated rings. The molecule has 5 nitrogen and oxygen atoms in total. The van der Waals surface area contributed by atoms with Crippen molar-refractivity contribution in [2.45, 2.75) is 13.5 Å². The number of phenols is 1. The molecule has 2 aromatic carbocycles. The molecule has 0 atom stereocenters. The monoisotopic (exact) mass is 407 g/mol. The first kappa shape index (κ1) is 19.3. The van der Waals surface area contributed by atoms with Gasteiger partial charge in [-0.15, -0.1) is 0 Å². The lowest BCUT2D eigenvalue weighted by atomic mass is 10.1. The number of carbonyl (C=O) groups is 2. The van der Waals surface area contributed by atoms with Gasteiger partial charge in [0.25, 0.3) is 11.1 Å². The van der Waals surface area contributed by atoms with E-state index in [2.05, 4.69) is 0 Å². The lowest BCUT2D eigenvalue weighted by Crippen LogP contribution is -2.27. The molecule has 27 heavy (non-hydrogen) atoms. The van der Waals surface area contributed by atoms with E-state index in [0.29, 0.717) is 23.5 Å². The summed E-state index contributed by atoms with van der Waals surface area (Å²) in [7, 11) is 0. The number of benzene rings is 2. The average Bonchev–Trinajstić information content (AvgIpc) is 2.88. The summed E-state index contributed by atoms with van der Waals surface area (Å²) >= 11 is 6.74. The van der Waals surface area contributed by atoms with E-state index in [1.165, 1.54) is 18.2 Å². The summed E-state index contributed by atoms with van der Waals surface area (Å²) in [5, 5.41) is 9.93. The van der Waals surface area contributed by atoms with Crippen molar-refractivity contribution < 1.29 is 23.8 Å². The predicted molar refractivity (Wildman–Crippen MR) is 102 cm³/mol. The minimum Gasteiger partial charge on any atom is -0.504 e. The molecule has 140 valence electrons. The summed E-state index contributed by atoms with van der Waals surface area (Å²) in [5.74, 6) is -0.814. The van der Waals surface area contributed by atoms with Gasteiger partial charge in [-0.05, 0) is 48.5 Å². The maximum atomic E-state index is 13.2. The Morgan fingerprint density at radius 2 is 2.07 bits per heavy atom. The number of rotatable bonds is 5. The summed E-state index contributed by atoms with van der Waals surface area (Å²) in [4.78, 5) is 26.1. The number of amides is 2. The van der Waals surface area contributed by atoms with E-state index >= 15 is 0 Å². The van der Waals surface area contributed by atoms with E-state index in [4.69, 9.17) is 16.3 Å². The highest BCUT2D eigenvalue weighted by Gasteiger charge is 2.35. The third-order valence-corrected chi connectivity index (χ3v) is 5.09. The second kappa shape index (κ2) is 8.02. The van der Waals surface area contributed by atoms with Gasteiger partial charge in [0.15, 0.2) is 11.5 Å². The Hall–Kier alpha value is -2.51. The molecule has 1 aliphatic heterocycles. The lowest BCUT2D eigenvalue weighted by molar-refractivity contribution is -0.123. The average molecular weight is 408 g/mol. The Morgan fingerprint density at radius 3 is 2.78 bits per heavy atom. The lowest BCUT2D eigenvalue weighted by Gasteiger charge is -2.13. The number of thioether (sulfide) groups is 1. The highest BCUT2D eigenvalue weighted by molar-refractivity contribution is 8.18. The van der Waals surface area contributed by atoms with Crippen LogP contribution in [0.3, 0.4) is 0 Å². The molecular formula is C19H15ClFNO4S. The fourth-order valence-corrected chi connectivity index (χ4v) is 3.58. The van der Waals surface area contributed by atoms with Gasteiger partial charge < -0.3 is 9.84 Å². The summed E-state index contributed by atoms with van der Waals surface area (Å²) in [5.41, 5.74) is 0.828. The van der Waals surface area contributed by atoms with Gasteiger partial charge in [-0.2, -0.15) is 0 Å². The van der Waals surface area contributed by atoms with Crippen LogP contribution in [0.2, 0.25) is 5.02 Å². The molecule has 1 saturated heterocycles. The van der Waals surface area contributed by atoms with Gasteiger partial charge in [-0.1, -0.05) is 29.8 Å². The maximum absolute atomic E-state index is 13.2. The Balaban J connectivity index is 1.86. The van der Waals surface area contributed by atoms with Gasteiger partial charge in [-0.25, -0.2) is 4.39 Å². The van der Waals surface area contributed by atoms with Crippen molar-refractivity contribution in [2.75, 3.05) is 6.61 Å².